The third kappa shape index (κ3) is 5.64. The summed E-state index contributed by atoms with van der Waals surface area (Å²) >= 11 is 1.53. The maximum Gasteiger partial charge on any atom is 0.260 e. The molecule has 1 aromatic heterocycles. The number of piperidine rings is 1. The molecule has 9 heteroatoms. The second kappa shape index (κ2) is 11.4. The van der Waals surface area contributed by atoms with Crippen molar-refractivity contribution in [3.05, 3.63) is 53.1 Å². The van der Waals surface area contributed by atoms with Crippen molar-refractivity contribution in [1.82, 2.24) is 14.2 Å². The number of aryl methyl sites for hydroxylation is 2. The van der Waals surface area contributed by atoms with Crippen LogP contribution in [0.2, 0.25) is 0 Å². The van der Waals surface area contributed by atoms with Gasteiger partial charge in [0, 0.05) is 31.7 Å². The first-order chi connectivity index (χ1) is 17.2. The lowest BCUT2D eigenvalue weighted by Crippen LogP contribution is -2.39. The zero-order chi connectivity index (χ0) is 25.9. The number of likely N-dealkylation sites (N-methyl/N-ethyl adjacent to an activating group) is 1. The molecule has 1 fully saturated rings. The lowest BCUT2D eigenvalue weighted by atomic mass is 10.1. The minimum atomic E-state index is -3.54. The molecule has 0 N–H and O–H groups in total. The fourth-order valence-corrected chi connectivity index (χ4v) is 7.28. The van der Waals surface area contributed by atoms with Gasteiger partial charge in [-0.2, -0.15) is 4.31 Å². The largest absolute Gasteiger partial charge is 0.302 e. The third-order valence-corrected chi connectivity index (χ3v) is 10.0. The molecule has 0 radical (unpaired) electrons. The van der Waals surface area contributed by atoms with Crippen LogP contribution in [0.5, 0.6) is 0 Å². The minimum Gasteiger partial charge on any atom is -0.302 e. The number of amides is 1. The van der Waals surface area contributed by atoms with E-state index in [1.807, 2.05) is 6.92 Å². The van der Waals surface area contributed by atoms with Crippen molar-refractivity contribution in [2.75, 3.05) is 44.2 Å². The second-order valence-corrected chi connectivity index (χ2v) is 12.3. The summed E-state index contributed by atoms with van der Waals surface area (Å²) in [6.45, 7) is 12.5. The Bertz CT molecular complexity index is 1310. The fraction of sp³-hybridized carbons (Fsp3) is 0.481. The Morgan fingerprint density at radius 2 is 1.67 bits per heavy atom. The summed E-state index contributed by atoms with van der Waals surface area (Å²) < 4.78 is 28.7. The number of hydrogen-bond donors (Lipinski definition) is 0. The number of rotatable bonds is 9. The van der Waals surface area contributed by atoms with E-state index < -0.39 is 10.0 Å². The summed E-state index contributed by atoms with van der Waals surface area (Å²) in [6, 6.07) is 10.6. The standard InChI is InChI=1S/C27H36N4O3S2/c1-5-29(6-2)16-17-31(27-28-24-19-20(3)18-21(4)25(24)35-27)26(32)22-10-12-23(13-11-22)36(33,34)30-14-8-7-9-15-30/h10-13,18-19H,5-9,14-17H2,1-4H3. The predicted molar refractivity (Wildman–Crippen MR) is 148 cm³/mol. The van der Waals surface area contributed by atoms with Gasteiger partial charge in [-0.15, -0.1) is 0 Å². The maximum absolute atomic E-state index is 13.7. The lowest BCUT2D eigenvalue weighted by molar-refractivity contribution is 0.0983. The number of nitrogens with zero attached hydrogens (tertiary/aromatic N) is 4. The van der Waals surface area contributed by atoms with Gasteiger partial charge < -0.3 is 4.90 Å². The van der Waals surface area contributed by atoms with E-state index >= 15 is 0 Å². The van der Waals surface area contributed by atoms with E-state index in [1.54, 1.807) is 33.5 Å². The molecule has 1 saturated heterocycles. The van der Waals surface area contributed by atoms with Crippen molar-refractivity contribution < 1.29 is 13.2 Å². The van der Waals surface area contributed by atoms with Gasteiger partial charge in [0.1, 0.15) is 0 Å². The molecular formula is C27H36N4O3S2. The molecule has 2 heterocycles. The highest BCUT2D eigenvalue weighted by Crippen LogP contribution is 2.33. The predicted octanol–water partition coefficient (Wildman–Crippen LogP) is 5.08. The molecule has 0 unspecified atom stereocenters. The SMILES string of the molecule is CCN(CC)CCN(C(=O)c1ccc(S(=O)(=O)N2CCCCC2)cc1)c1nc2cc(C)cc(C)c2s1. The van der Waals surface area contributed by atoms with Gasteiger partial charge in [-0.3, -0.25) is 9.69 Å². The molecule has 0 bridgehead atoms. The summed E-state index contributed by atoms with van der Waals surface area (Å²) in [6.07, 6.45) is 2.84. The summed E-state index contributed by atoms with van der Waals surface area (Å²) in [5, 5.41) is 0.667. The normalized spacial score (nSPS) is 15.0. The molecular weight excluding hydrogens is 492 g/mol. The number of hydrogen-bond acceptors (Lipinski definition) is 6. The highest BCUT2D eigenvalue weighted by molar-refractivity contribution is 7.89. The summed E-state index contributed by atoms with van der Waals surface area (Å²) in [5.41, 5.74) is 3.65. The number of sulfonamides is 1. The van der Waals surface area contributed by atoms with E-state index in [-0.39, 0.29) is 10.8 Å². The minimum absolute atomic E-state index is 0.169. The molecule has 0 spiro atoms. The Kier molecular flexibility index (Phi) is 8.44. The van der Waals surface area contributed by atoms with Gasteiger partial charge in [0.25, 0.3) is 5.91 Å². The van der Waals surface area contributed by atoms with Crippen molar-refractivity contribution in [2.45, 2.75) is 51.9 Å². The van der Waals surface area contributed by atoms with E-state index in [0.717, 1.165) is 60.2 Å². The first kappa shape index (κ1) is 26.7. The van der Waals surface area contributed by atoms with Crippen LogP contribution in [0.25, 0.3) is 10.2 Å². The van der Waals surface area contributed by atoms with Crippen molar-refractivity contribution in [1.29, 1.82) is 0 Å². The van der Waals surface area contributed by atoms with E-state index in [4.69, 9.17) is 4.98 Å². The zero-order valence-electron chi connectivity index (χ0n) is 21.7. The van der Waals surface area contributed by atoms with Gasteiger partial charge in [0.05, 0.1) is 15.1 Å². The summed E-state index contributed by atoms with van der Waals surface area (Å²) in [5.74, 6) is -0.169. The van der Waals surface area contributed by atoms with Crippen molar-refractivity contribution in [3.8, 4) is 0 Å². The molecule has 0 atom stereocenters. The average molecular weight is 529 g/mol. The van der Waals surface area contributed by atoms with Crippen LogP contribution in [0, 0.1) is 13.8 Å². The molecule has 2 aromatic carbocycles. The van der Waals surface area contributed by atoms with Crippen LogP contribution in [0.4, 0.5) is 5.13 Å². The van der Waals surface area contributed by atoms with Crippen LogP contribution in [-0.4, -0.2) is 67.8 Å². The molecule has 3 aromatic rings. The van der Waals surface area contributed by atoms with Gasteiger partial charge in [0.15, 0.2) is 5.13 Å². The maximum atomic E-state index is 13.7. The number of carbonyl (C=O) groups is 1. The monoisotopic (exact) mass is 528 g/mol. The van der Waals surface area contributed by atoms with Crippen LogP contribution < -0.4 is 4.90 Å². The number of benzene rings is 2. The molecule has 0 saturated carbocycles. The quantitative estimate of drug-likeness (QED) is 0.387. The molecule has 4 rings (SSSR count). The first-order valence-corrected chi connectivity index (χ1v) is 15.0. The van der Waals surface area contributed by atoms with E-state index in [1.165, 1.54) is 11.3 Å². The number of carbonyl (C=O) groups excluding carboxylic acids is 1. The highest BCUT2D eigenvalue weighted by atomic mass is 32.2. The summed E-state index contributed by atoms with van der Waals surface area (Å²) in [4.78, 5) is 22.8. The Morgan fingerprint density at radius 3 is 2.31 bits per heavy atom. The third-order valence-electron chi connectivity index (χ3n) is 6.87. The number of fused-ring (bicyclic) bond motifs is 1. The first-order valence-electron chi connectivity index (χ1n) is 12.8. The molecule has 1 aliphatic rings. The molecule has 1 amide bonds. The highest BCUT2D eigenvalue weighted by Gasteiger charge is 2.27. The Hall–Kier alpha value is -2.33. The molecule has 194 valence electrons. The number of thiazole rings is 1. The fourth-order valence-electron chi connectivity index (χ4n) is 4.73. The zero-order valence-corrected chi connectivity index (χ0v) is 23.3. The van der Waals surface area contributed by atoms with Crippen LogP contribution in [0.15, 0.2) is 41.3 Å². The van der Waals surface area contributed by atoms with Gasteiger partial charge in [-0.1, -0.05) is 37.7 Å². The van der Waals surface area contributed by atoms with Gasteiger partial charge in [0.2, 0.25) is 10.0 Å². The van der Waals surface area contributed by atoms with Crippen molar-refractivity contribution >= 4 is 42.6 Å². The van der Waals surface area contributed by atoms with Gasteiger partial charge in [-0.05, 0) is 81.2 Å². The second-order valence-electron chi connectivity index (χ2n) is 9.40. The molecule has 7 nitrogen and oxygen atoms in total. The van der Waals surface area contributed by atoms with Crippen LogP contribution >= 0.6 is 11.3 Å². The molecule has 1 aliphatic heterocycles. The average Bonchev–Trinajstić information content (AvgIpc) is 3.31. The Balaban J connectivity index is 1.64. The Labute approximate surface area is 218 Å². The van der Waals surface area contributed by atoms with Crippen LogP contribution in [0.3, 0.4) is 0 Å². The van der Waals surface area contributed by atoms with Crippen molar-refractivity contribution in [3.63, 3.8) is 0 Å². The smallest absolute Gasteiger partial charge is 0.260 e. The summed E-state index contributed by atoms with van der Waals surface area (Å²) in [7, 11) is -3.54. The number of anilines is 1. The van der Waals surface area contributed by atoms with Crippen LogP contribution in [0.1, 0.15) is 54.6 Å². The van der Waals surface area contributed by atoms with E-state index in [2.05, 4.69) is 37.8 Å². The van der Waals surface area contributed by atoms with Crippen molar-refractivity contribution in [2.24, 2.45) is 0 Å². The molecule has 36 heavy (non-hydrogen) atoms. The van der Waals surface area contributed by atoms with Crippen LogP contribution in [-0.2, 0) is 10.0 Å². The molecule has 0 aliphatic carbocycles. The lowest BCUT2D eigenvalue weighted by Gasteiger charge is -2.26. The number of aromatic nitrogens is 1. The van der Waals surface area contributed by atoms with Gasteiger partial charge in [-0.25, -0.2) is 13.4 Å². The van der Waals surface area contributed by atoms with E-state index in [0.29, 0.717) is 30.3 Å². The van der Waals surface area contributed by atoms with E-state index in [9.17, 15) is 13.2 Å². The topological polar surface area (TPSA) is 73.8 Å². The van der Waals surface area contributed by atoms with Gasteiger partial charge >= 0.3 is 0 Å². The Morgan fingerprint density at radius 1 is 1.00 bits per heavy atom.